The SMILES string of the molecule is OC(CNCc1cc(Cl)ccc1OCc1ccccc1)c1ccccc1. The van der Waals surface area contributed by atoms with E-state index in [9.17, 15) is 5.11 Å². The summed E-state index contributed by atoms with van der Waals surface area (Å²) in [5.41, 5.74) is 2.97. The molecule has 3 aromatic carbocycles. The van der Waals surface area contributed by atoms with Gasteiger partial charge in [0.2, 0.25) is 0 Å². The zero-order chi connectivity index (χ0) is 18.2. The lowest BCUT2D eigenvalue weighted by molar-refractivity contribution is 0.174. The third kappa shape index (κ3) is 5.33. The largest absolute Gasteiger partial charge is 0.489 e. The Balaban J connectivity index is 1.59. The fourth-order valence-corrected chi connectivity index (χ4v) is 2.89. The van der Waals surface area contributed by atoms with Gasteiger partial charge in [0.1, 0.15) is 12.4 Å². The fourth-order valence-electron chi connectivity index (χ4n) is 2.70. The molecule has 0 bridgehead atoms. The van der Waals surface area contributed by atoms with Crippen LogP contribution in [0.4, 0.5) is 0 Å². The Morgan fingerprint density at radius 3 is 2.35 bits per heavy atom. The van der Waals surface area contributed by atoms with Crippen LogP contribution in [-0.2, 0) is 13.2 Å². The third-order valence-corrected chi connectivity index (χ3v) is 4.33. The molecule has 3 aromatic rings. The maximum Gasteiger partial charge on any atom is 0.124 e. The summed E-state index contributed by atoms with van der Waals surface area (Å²) in [5, 5.41) is 14.2. The Kier molecular flexibility index (Phi) is 6.67. The van der Waals surface area contributed by atoms with E-state index in [2.05, 4.69) is 5.32 Å². The first-order valence-electron chi connectivity index (χ1n) is 8.61. The molecular formula is C22H22ClNO2. The summed E-state index contributed by atoms with van der Waals surface area (Å²) in [5.74, 6) is 0.792. The molecule has 0 radical (unpaired) electrons. The molecule has 3 rings (SSSR count). The normalized spacial score (nSPS) is 11.9. The minimum absolute atomic E-state index is 0.453. The van der Waals surface area contributed by atoms with E-state index in [-0.39, 0.29) is 0 Å². The van der Waals surface area contributed by atoms with Crippen molar-refractivity contribution in [3.8, 4) is 5.75 Å². The van der Waals surface area contributed by atoms with Crippen molar-refractivity contribution in [2.24, 2.45) is 0 Å². The molecule has 0 amide bonds. The average molecular weight is 368 g/mol. The molecule has 1 unspecified atom stereocenters. The van der Waals surface area contributed by atoms with Crippen LogP contribution in [0.25, 0.3) is 0 Å². The molecule has 3 nitrogen and oxygen atoms in total. The van der Waals surface area contributed by atoms with Gasteiger partial charge in [0.15, 0.2) is 0 Å². The lowest BCUT2D eigenvalue weighted by Crippen LogP contribution is -2.21. The summed E-state index contributed by atoms with van der Waals surface area (Å²) >= 11 is 6.14. The summed E-state index contributed by atoms with van der Waals surface area (Å²) in [4.78, 5) is 0. The lowest BCUT2D eigenvalue weighted by atomic mass is 10.1. The predicted molar refractivity (Wildman–Crippen MR) is 105 cm³/mol. The Morgan fingerprint density at radius 1 is 0.923 bits per heavy atom. The molecule has 4 heteroatoms. The standard InChI is InChI=1S/C22H22ClNO2/c23-20-11-12-22(26-16-17-7-3-1-4-8-17)19(13-20)14-24-15-21(25)18-9-5-2-6-10-18/h1-13,21,24-25H,14-16H2. The number of halogens is 1. The number of rotatable bonds is 8. The molecule has 26 heavy (non-hydrogen) atoms. The Hall–Kier alpha value is -2.33. The van der Waals surface area contributed by atoms with Crippen LogP contribution in [0.1, 0.15) is 22.8 Å². The van der Waals surface area contributed by atoms with Gasteiger partial charge in [-0.05, 0) is 29.3 Å². The van der Waals surface area contributed by atoms with Crippen LogP contribution < -0.4 is 10.1 Å². The molecule has 0 saturated carbocycles. The lowest BCUT2D eigenvalue weighted by Gasteiger charge is -2.15. The van der Waals surface area contributed by atoms with Crippen LogP contribution in [0.3, 0.4) is 0 Å². The number of ether oxygens (including phenoxy) is 1. The van der Waals surface area contributed by atoms with Gasteiger partial charge in [-0.3, -0.25) is 0 Å². The number of hydrogen-bond acceptors (Lipinski definition) is 3. The van der Waals surface area contributed by atoms with Crippen molar-refractivity contribution in [3.63, 3.8) is 0 Å². The fraction of sp³-hybridized carbons (Fsp3) is 0.182. The zero-order valence-electron chi connectivity index (χ0n) is 14.4. The number of benzene rings is 3. The van der Waals surface area contributed by atoms with E-state index in [0.29, 0.717) is 24.7 Å². The Bertz CT molecular complexity index is 809. The van der Waals surface area contributed by atoms with E-state index in [4.69, 9.17) is 16.3 Å². The van der Waals surface area contributed by atoms with Gasteiger partial charge in [0.25, 0.3) is 0 Å². The van der Waals surface area contributed by atoms with Crippen LogP contribution in [0.15, 0.2) is 78.9 Å². The first kappa shape index (κ1) is 18.5. The number of aliphatic hydroxyl groups excluding tert-OH is 1. The van der Waals surface area contributed by atoms with Crippen molar-refractivity contribution in [2.45, 2.75) is 19.3 Å². The number of aliphatic hydroxyl groups is 1. The maximum atomic E-state index is 10.3. The molecular weight excluding hydrogens is 346 g/mol. The third-order valence-electron chi connectivity index (χ3n) is 4.10. The van der Waals surface area contributed by atoms with Gasteiger partial charge in [-0.15, -0.1) is 0 Å². The van der Waals surface area contributed by atoms with Gasteiger partial charge in [-0.1, -0.05) is 72.3 Å². The highest BCUT2D eigenvalue weighted by Crippen LogP contribution is 2.24. The highest BCUT2D eigenvalue weighted by molar-refractivity contribution is 6.30. The summed E-state index contributed by atoms with van der Waals surface area (Å²) in [6, 6.07) is 25.3. The monoisotopic (exact) mass is 367 g/mol. The molecule has 0 aliphatic heterocycles. The van der Waals surface area contributed by atoms with E-state index in [1.165, 1.54) is 0 Å². The van der Waals surface area contributed by atoms with E-state index in [1.54, 1.807) is 0 Å². The molecule has 134 valence electrons. The molecule has 0 spiro atoms. The number of nitrogens with one attached hydrogen (secondary N) is 1. The van der Waals surface area contributed by atoms with Crippen molar-refractivity contribution >= 4 is 11.6 Å². The maximum absolute atomic E-state index is 10.3. The Morgan fingerprint density at radius 2 is 1.62 bits per heavy atom. The zero-order valence-corrected chi connectivity index (χ0v) is 15.2. The highest BCUT2D eigenvalue weighted by atomic mass is 35.5. The molecule has 2 N–H and O–H groups in total. The summed E-state index contributed by atoms with van der Waals surface area (Å²) < 4.78 is 5.96. The van der Waals surface area contributed by atoms with Crippen molar-refractivity contribution in [1.29, 1.82) is 0 Å². The van der Waals surface area contributed by atoms with E-state index >= 15 is 0 Å². The topological polar surface area (TPSA) is 41.5 Å². The summed E-state index contributed by atoms with van der Waals surface area (Å²) in [7, 11) is 0. The average Bonchev–Trinajstić information content (AvgIpc) is 2.69. The molecule has 0 heterocycles. The highest BCUT2D eigenvalue weighted by Gasteiger charge is 2.09. The Labute approximate surface area is 159 Å². The van der Waals surface area contributed by atoms with Gasteiger partial charge >= 0.3 is 0 Å². The molecule has 0 aliphatic rings. The van der Waals surface area contributed by atoms with E-state index < -0.39 is 6.10 Å². The summed E-state index contributed by atoms with van der Waals surface area (Å²) in [6.07, 6.45) is -0.552. The van der Waals surface area contributed by atoms with Crippen LogP contribution in [0.2, 0.25) is 5.02 Å². The smallest absolute Gasteiger partial charge is 0.124 e. The van der Waals surface area contributed by atoms with Gasteiger partial charge in [-0.2, -0.15) is 0 Å². The van der Waals surface area contributed by atoms with Crippen LogP contribution in [-0.4, -0.2) is 11.7 Å². The van der Waals surface area contributed by atoms with Crippen LogP contribution in [0, 0.1) is 0 Å². The minimum atomic E-state index is -0.552. The molecule has 0 aliphatic carbocycles. The predicted octanol–water partition coefficient (Wildman–Crippen LogP) is 4.74. The quantitative estimate of drug-likeness (QED) is 0.604. The first-order chi connectivity index (χ1) is 12.7. The second-order valence-electron chi connectivity index (χ2n) is 6.08. The molecule has 0 fully saturated rings. The first-order valence-corrected chi connectivity index (χ1v) is 8.99. The van der Waals surface area contributed by atoms with E-state index in [0.717, 1.165) is 22.4 Å². The van der Waals surface area contributed by atoms with Gasteiger partial charge in [0.05, 0.1) is 6.10 Å². The van der Waals surface area contributed by atoms with E-state index in [1.807, 2.05) is 78.9 Å². The van der Waals surface area contributed by atoms with Crippen molar-refractivity contribution < 1.29 is 9.84 Å². The van der Waals surface area contributed by atoms with Crippen molar-refractivity contribution in [1.82, 2.24) is 5.32 Å². The molecule has 0 saturated heterocycles. The summed E-state index contributed by atoms with van der Waals surface area (Å²) in [6.45, 7) is 1.52. The van der Waals surface area contributed by atoms with Gasteiger partial charge < -0.3 is 15.2 Å². The minimum Gasteiger partial charge on any atom is -0.489 e. The molecule has 1 atom stereocenters. The number of hydrogen-bond donors (Lipinski definition) is 2. The second kappa shape index (κ2) is 9.39. The van der Waals surface area contributed by atoms with Gasteiger partial charge in [0, 0.05) is 23.7 Å². The van der Waals surface area contributed by atoms with Crippen LogP contribution >= 0.6 is 11.6 Å². The van der Waals surface area contributed by atoms with Gasteiger partial charge in [-0.25, -0.2) is 0 Å². The second-order valence-corrected chi connectivity index (χ2v) is 6.52. The van der Waals surface area contributed by atoms with Crippen molar-refractivity contribution in [2.75, 3.05) is 6.54 Å². The molecule has 0 aromatic heterocycles. The van der Waals surface area contributed by atoms with Crippen LogP contribution in [0.5, 0.6) is 5.75 Å². The van der Waals surface area contributed by atoms with Crippen molar-refractivity contribution in [3.05, 3.63) is 101 Å².